The maximum Gasteiger partial charge on any atom is 0.255 e. The van der Waals surface area contributed by atoms with Gasteiger partial charge in [-0.3, -0.25) is 9.78 Å². The largest absolute Gasteiger partial charge is 0.492 e. The van der Waals surface area contributed by atoms with Crippen LogP contribution in [0.1, 0.15) is 22.3 Å². The molecule has 5 rings (SSSR count). The molecule has 0 aliphatic carbocycles. The topological polar surface area (TPSA) is 60.5 Å². The molecular weight excluding hydrogens is 507 g/mol. The first-order valence-electron chi connectivity index (χ1n) is 10.9. The highest BCUT2D eigenvalue weighted by Gasteiger charge is 2.21. The molecule has 3 aromatic carbocycles. The zero-order valence-corrected chi connectivity index (χ0v) is 20.6. The first kappa shape index (κ1) is 23.5. The fraction of sp³-hybridized carbons (Fsp3) is 0.111. The van der Waals surface area contributed by atoms with Gasteiger partial charge < -0.3 is 14.8 Å². The van der Waals surface area contributed by atoms with Crippen LogP contribution in [0.5, 0.6) is 17.2 Å². The number of halogens is 3. The van der Waals surface area contributed by atoms with Crippen LogP contribution in [0.2, 0.25) is 15.1 Å². The van der Waals surface area contributed by atoms with Crippen molar-refractivity contribution in [2.24, 2.45) is 0 Å². The lowest BCUT2D eigenvalue weighted by Crippen LogP contribution is -2.12. The van der Waals surface area contributed by atoms with E-state index in [9.17, 15) is 4.79 Å². The minimum atomic E-state index is -0.271. The number of carbonyl (C=O) groups is 1. The molecule has 1 N–H and O–H groups in total. The van der Waals surface area contributed by atoms with E-state index in [4.69, 9.17) is 44.3 Å². The van der Waals surface area contributed by atoms with Crippen LogP contribution in [-0.2, 0) is 6.42 Å². The number of pyridine rings is 1. The Morgan fingerprint density at radius 1 is 1.00 bits per heavy atom. The number of carbonyl (C=O) groups excluding carboxylic acids is 1. The van der Waals surface area contributed by atoms with Crippen LogP contribution >= 0.6 is 34.8 Å². The van der Waals surface area contributed by atoms with Crippen LogP contribution in [0, 0.1) is 0 Å². The van der Waals surface area contributed by atoms with Crippen molar-refractivity contribution in [2.75, 3.05) is 11.9 Å². The number of anilines is 1. The molecule has 0 spiro atoms. The summed E-state index contributed by atoms with van der Waals surface area (Å²) in [4.78, 5) is 17.1. The average molecular weight is 526 g/mol. The Kier molecular flexibility index (Phi) is 6.82. The minimum absolute atomic E-state index is 0.271. The molecule has 0 fully saturated rings. The van der Waals surface area contributed by atoms with E-state index >= 15 is 0 Å². The maximum atomic E-state index is 12.7. The Bertz CT molecular complexity index is 1390. The number of ether oxygens (including phenoxy) is 2. The van der Waals surface area contributed by atoms with Crippen molar-refractivity contribution in [2.45, 2.75) is 12.8 Å². The van der Waals surface area contributed by atoms with Crippen molar-refractivity contribution >= 4 is 46.4 Å². The fourth-order valence-electron chi connectivity index (χ4n) is 3.79. The van der Waals surface area contributed by atoms with Crippen molar-refractivity contribution in [3.8, 4) is 28.5 Å². The van der Waals surface area contributed by atoms with Gasteiger partial charge >= 0.3 is 0 Å². The van der Waals surface area contributed by atoms with E-state index in [1.54, 1.807) is 42.6 Å². The van der Waals surface area contributed by atoms with Gasteiger partial charge in [-0.15, -0.1) is 0 Å². The predicted octanol–water partition coefficient (Wildman–Crippen LogP) is 8.08. The van der Waals surface area contributed by atoms with Gasteiger partial charge in [0.2, 0.25) is 0 Å². The predicted molar refractivity (Wildman–Crippen MR) is 139 cm³/mol. The monoisotopic (exact) mass is 524 g/mol. The van der Waals surface area contributed by atoms with Crippen molar-refractivity contribution in [1.82, 2.24) is 4.98 Å². The Morgan fingerprint density at radius 2 is 1.83 bits per heavy atom. The SMILES string of the molecule is O=C(Nc1ccc(-c2cccc(Cl)c2)nc1)c1ccc(Oc2c(Cl)cc3c(c2Cl)OCCC3)cc1. The van der Waals surface area contributed by atoms with E-state index in [2.05, 4.69) is 10.3 Å². The van der Waals surface area contributed by atoms with Gasteiger partial charge in [0, 0.05) is 16.1 Å². The molecule has 0 saturated carbocycles. The summed E-state index contributed by atoms with van der Waals surface area (Å²) < 4.78 is 11.6. The molecule has 0 bridgehead atoms. The lowest BCUT2D eigenvalue weighted by atomic mass is 10.1. The van der Waals surface area contributed by atoms with Crippen molar-refractivity contribution in [3.05, 3.63) is 99.1 Å². The fourth-order valence-corrected chi connectivity index (χ4v) is 4.61. The summed E-state index contributed by atoms with van der Waals surface area (Å²) >= 11 is 19.0. The molecular formula is C27H19Cl3N2O3. The van der Waals surface area contributed by atoms with Crippen molar-refractivity contribution in [1.29, 1.82) is 0 Å². The molecule has 1 aliphatic heterocycles. The Hall–Kier alpha value is -3.25. The number of benzene rings is 3. The Balaban J connectivity index is 1.27. The third kappa shape index (κ3) is 5.22. The summed E-state index contributed by atoms with van der Waals surface area (Å²) in [5.74, 6) is 1.17. The summed E-state index contributed by atoms with van der Waals surface area (Å²) in [6.45, 7) is 0.608. The Morgan fingerprint density at radius 3 is 2.57 bits per heavy atom. The van der Waals surface area contributed by atoms with Crippen LogP contribution in [0.15, 0.2) is 72.9 Å². The second-order valence-corrected chi connectivity index (χ2v) is 9.19. The summed E-state index contributed by atoms with van der Waals surface area (Å²) in [6.07, 6.45) is 3.39. The van der Waals surface area contributed by atoms with Crippen molar-refractivity contribution < 1.29 is 14.3 Å². The van der Waals surface area contributed by atoms with Gasteiger partial charge in [0.05, 0.1) is 29.2 Å². The molecule has 35 heavy (non-hydrogen) atoms. The second kappa shape index (κ2) is 10.2. The van der Waals surface area contributed by atoms with E-state index in [1.807, 2.05) is 30.3 Å². The highest BCUT2D eigenvalue weighted by molar-refractivity contribution is 6.38. The van der Waals surface area contributed by atoms with Crippen LogP contribution in [0.4, 0.5) is 5.69 Å². The van der Waals surface area contributed by atoms with E-state index < -0.39 is 0 Å². The molecule has 0 radical (unpaired) electrons. The first-order valence-corrected chi connectivity index (χ1v) is 12.1. The lowest BCUT2D eigenvalue weighted by Gasteiger charge is -2.21. The summed E-state index contributed by atoms with van der Waals surface area (Å²) in [5.41, 5.74) is 3.67. The number of aryl methyl sites for hydroxylation is 1. The van der Waals surface area contributed by atoms with Gasteiger partial charge in [0.25, 0.3) is 5.91 Å². The van der Waals surface area contributed by atoms with Crippen LogP contribution < -0.4 is 14.8 Å². The zero-order valence-electron chi connectivity index (χ0n) is 18.4. The summed E-state index contributed by atoms with van der Waals surface area (Å²) in [7, 11) is 0. The molecule has 1 aliphatic rings. The van der Waals surface area contributed by atoms with Gasteiger partial charge in [-0.05, 0) is 73.0 Å². The van der Waals surface area contributed by atoms with Gasteiger partial charge in [-0.25, -0.2) is 0 Å². The molecule has 4 aromatic rings. The Labute approximate surface area is 217 Å². The summed E-state index contributed by atoms with van der Waals surface area (Å²) in [5, 5.41) is 4.24. The third-order valence-electron chi connectivity index (χ3n) is 5.52. The van der Waals surface area contributed by atoms with Crippen LogP contribution in [0.25, 0.3) is 11.3 Å². The van der Waals surface area contributed by atoms with Gasteiger partial charge in [-0.2, -0.15) is 0 Å². The van der Waals surface area contributed by atoms with Crippen LogP contribution in [0.3, 0.4) is 0 Å². The van der Waals surface area contributed by atoms with Gasteiger partial charge in [-0.1, -0.05) is 46.9 Å². The molecule has 2 heterocycles. The molecule has 1 aromatic heterocycles. The number of hydrogen-bond donors (Lipinski definition) is 1. The number of amides is 1. The lowest BCUT2D eigenvalue weighted by molar-refractivity contribution is 0.102. The molecule has 1 amide bonds. The molecule has 5 nitrogen and oxygen atoms in total. The molecule has 0 unspecified atom stereocenters. The summed E-state index contributed by atoms with van der Waals surface area (Å²) in [6, 6.07) is 19.6. The number of nitrogens with zero attached hydrogens (tertiary/aromatic N) is 1. The normalized spacial score (nSPS) is 12.4. The van der Waals surface area contributed by atoms with E-state index in [-0.39, 0.29) is 5.91 Å². The van der Waals surface area contributed by atoms with E-state index in [0.717, 1.165) is 29.7 Å². The first-order chi connectivity index (χ1) is 17.0. The van der Waals surface area contributed by atoms with Crippen LogP contribution in [-0.4, -0.2) is 17.5 Å². The zero-order chi connectivity index (χ0) is 24.4. The number of rotatable bonds is 5. The maximum absolute atomic E-state index is 12.7. The van der Waals surface area contributed by atoms with E-state index in [1.165, 1.54) is 0 Å². The van der Waals surface area contributed by atoms with Gasteiger partial charge in [0.15, 0.2) is 5.75 Å². The average Bonchev–Trinajstić information content (AvgIpc) is 2.87. The second-order valence-electron chi connectivity index (χ2n) is 7.96. The van der Waals surface area contributed by atoms with Gasteiger partial charge in [0.1, 0.15) is 16.5 Å². The number of hydrogen-bond acceptors (Lipinski definition) is 4. The number of aromatic nitrogens is 1. The highest BCUT2D eigenvalue weighted by Crippen LogP contribution is 2.46. The van der Waals surface area contributed by atoms with E-state index in [0.29, 0.717) is 50.2 Å². The minimum Gasteiger partial charge on any atom is -0.492 e. The molecule has 8 heteroatoms. The quantitative estimate of drug-likeness (QED) is 0.286. The molecule has 0 saturated heterocycles. The number of fused-ring (bicyclic) bond motifs is 1. The molecule has 176 valence electrons. The standard InChI is InChI=1S/C27H19Cl3N2O3/c28-19-5-1-3-17(13-19)23-11-8-20(15-31-23)32-27(33)16-6-9-21(10-7-16)35-26-22(29)14-18-4-2-12-34-25(18)24(26)30/h1,3,5-11,13-15H,2,4,12H2,(H,32,33). The van der Waals surface area contributed by atoms with Crippen molar-refractivity contribution in [3.63, 3.8) is 0 Å². The molecule has 0 atom stereocenters. The number of nitrogens with one attached hydrogen (secondary N) is 1. The smallest absolute Gasteiger partial charge is 0.255 e. The highest BCUT2D eigenvalue weighted by atomic mass is 35.5. The third-order valence-corrected chi connectivity index (χ3v) is 6.38.